The topological polar surface area (TPSA) is 3.24 Å². The third kappa shape index (κ3) is 7.09. The first-order valence-electron chi connectivity index (χ1n) is 5.17. The number of rotatable bonds is 7. The van der Waals surface area contributed by atoms with Gasteiger partial charge in [0.25, 0.3) is 0 Å². The van der Waals surface area contributed by atoms with Crippen LogP contribution in [0.15, 0.2) is 12.2 Å². The lowest BCUT2D eigenvalue weighted by atomic mass is 10.1. The summed E-state index contributed by atoms with van der Waals surface area (Å²) >= 11 is 5.56. The number of allylic oxidation sites excluding steroid dienone is 1. The van der Waals surface area contributed by atoms with Gasteiger partial charge < -0.3 is 0 Å². The molecule has 0 aliphatic heterocycles. The molecule has 0 heterocycles. The number of halogens is 1. The van der Waals surface area contributed by atoms with Crippen LogP contribution in [0.4, 0.5) is 0 Å². The van der Waals surface area contributed by atoms with Gasteiger partial charge in [-0.1, -0.05) is 39.3 Å². The Labute approximate surface area is 87.8 Å². The summed E-state index contributed by atoms with van der Waals surface area (Å²) in [5, 5.41) is 0. The average Bonchev–Trinajstić information content (AvgIpc) is 2.16. The molecule has 0 aromatic carbocycles. The number of likely N-dealkylation sites (N-methyl/N-ethyl adjacent to an activating group) is 1. The van der Waals surface area contributed by atoms with Crippen LogP contribution in [0.1, 0.15) is 27.2 Å². The Hall–Kier alpha value is -0.0100. The van der Waals surface area contributed by atoms with Crippen molar-refractivity contribution in [1.82, 2.24) is 4.90 Å². The van der Waals surface area contributed by atoms with E-state index >= 15 is 0 Å². The summed E-state index contributed by atoms with van der Waals surface area (Å²) in [6.45, 7) is 10.1. The summed E-state index contributed by atoms with van der Waals surface area (Å²) in [5.74, 6) is 1.42. The van der Waals surface area contributed by atoms with Crippen molar-refractivity contribution in [2.45, 2.75) is 27.2 Å². The second kappa shape index (κ2) is 8.58. The first-order chi connectivity index (χ1) is 6.24. The molecule has 1 nitrogen and oxygen atoms in total. The van der Waals surface area contributed by atoms with E-state index < -0.39 is 0 Å². The van der Waals surface area contributed by atoms with Gasteiger partial charge in [-0.3, -0.25) is 4.90 Å². The first-order valence-corrected chi connectivity index (χ1v) is 5.71. The molecule has 0 saturated carbocycles. The van der Waals surface area contributed by atoms with E-state index in [4.69, 9.17) is 11.6 Å². The molecule has 0 saturated heterocycles. The van der Waals surface area contributed by atoms with Crippen molar-refractivity contribution in [1.29, 1.82) is 0 Å². The summed E-state index contributed by atoms with van der Waals surface area (Å²) in [6.07, 6.45) is 5.43. The van der Waals surface area contributed by atoms with Crippen molar-refractivity contribution in [3.8, 4) is 0 Å². The van der Waals surface area contributed by atoms with Gasteiger partial charge in [0, 0.05) is 19.0 Å². The van der Waals surface area contributed by atoms with Gasteiger partial charge in [-0.2, -0.15) is 0 Å². The van der Waals surface area contributed by atoms with Gasteiger partial charge in [0.1, 0.15) is 0 Å². The maximum atomic E-state index is 5.56. The van der Waals surface area contributed by atoms with Crippen molar-refractivity contribution in [3.05, 3.63) is 12.2 Å². The van der Waals surface area contributed by atoms with Crippen molar-refractivity contribution >= 4 is 11.6 Å². The fraction of sp³-hybridized carbons (Fsp3) is 0.818. The van der Waals surface area contributed by atoms with E-state index in [0.717, 1.165) is 19.0 Å². The third-order valence-electron chi connectivity index (χ3n) is 2.33. The summed E-state index contributed by atoms with van der Waals surface area (Å²) in [5.41, 5.74) is 0. The van der Waals surface area contributed by atoms with E-state index in [9.17, 15) is 0 Å². The number of nitrogens with zero attached hydrogens (tertiary/aromatic N) is 1. The largest absolute Gasteiger partial charge is 0.300 e. The van der Waals surface area contributed by atoms with Crippen LogP contribution in [-0.2, 0) is 0 Å². The molecular formula is C11H22ClN. The first kappa shape index (κ1) is 13.0. The van der Waals surface area contributed by atoms with Crippen molar-refractivity contribution in [2.24, 2.45) is 5.92 Å². The van der Waals surface area contributed by atoms with Gasteiger partial charge in [0.15, 0.2) is 0 Å². The molecule has 78 valence electrons. The Morgan fingerprint density at radius 3 is 2.46 bits per heavy atom. The zero-order chi connectivity index (χ0) is 10.1. The molecule has 0 aliphatic rings. The van der Waals surface area contributed by atoms with Crippen LogP contribution < -0.4 is 0 Å². The van der Waals surface area contributed by atoms with Crippen LogP contribution in [0, 0.1) is 5.92 Å². The predicted molar refractivity (Wildman–Crippen MR) is 61.4 cm³/mol. The van der Waals surface area contributed by atoms with Crippen LogP contribution in [0.3, 0.4) is 0 Å². The molecule has 0 radical (unpaired) electrons. The van der Waals surface area contributed by atoms with E-state index in [0.29, 0.717) is 5.88 Å². The van der Waals surface area contributed by atoms with Gasteiger partial charge in [0.2, 0.25) is 0 Å². The SMILES string of the molecule is CCC(C)CN(CC)CC=CCCl. The van der Waals surface area contributed by atoms with Gasteiger partial charge in [-0.25, -0.2) is 0 Å². The molecule has 0 aromatic rings. The minimum absolute atomic E-state index is 0.626. The van der Waals surface area contributed by atoms with E-state index in [-0.39, 0.29) is 0 Å². The average molecular weight is 204 g/mol. The number of hydrogen-bond donors (Lipinski definition) is 0. The van der Waals surface area contributed by atoms with E-state index in [2.05, 4.69) is 31.7 Å². The maximum Gasteiger partial charge on any atom is 0.0404 e. The molecule has 1 atom stereocenters. The van der Waals surface area contributed by atoms with E-state index in [1.165, 1.54) is 13.0 Å². The molecular weight excluding hydrogens is 182 g/mol. The second-order valence-corrected chi connectivity index (χ2v) is 3.80. The van der Waals surface area contributed by atoms with Gasteiger partial charge in [-0.05, 0) is 12.5 Å². The van der Waals surface area contributed by atoms with Crippen LogP contribution >= 0.6 is 11.6 Å². The Kier molecular flexibility index (Phi) is 8.58. The van der Waals surface area contributed by atoms with Gasteiger partial charge >= 0.3 is 0 Å². The van der Waals surface area contributed by atoms with Crippen molar-refractivity contribution in [2.75, 3.05) is 25.5 Å². The highest BCUT2D eigenvalue weighted by Crippen LogP contribution is 2.03. The maximum absolute atomic E-state index is 5.56. The molecule has 0 amide bonds. The molecule has 1 unspecified atom stereocenters. The standard InChI is InChI=1S/C11H22ClN/c1-4-11(3)10-13(5-2)9-7-6-8-12/h6-7,11H,4-5,8-10H2,1-3H3. The highest BCUT2D eigenvalue weighted by Gasteiger charge is 2.04. The lowest BCUT2D eigenvalue weighted by molar-refractivity contribution is 0.269. The second-order valence-electron chi connectivity index (χ2n) is 3.49. The summed E-state index contributed by atoms with van der Waals surface area (Å²) in [4.78, 5) is 2.44. The summed E-state index contributed by atoms with van der Waals surface area (Å²) in [7, 11) is 0. The van der Waals surface area contributed by atoms with Gasteiger partial charge in [0.05, 0.1) is 0 Å². The molecule has 2 heteroatoms. The normalized spacial score (nSPS) is 14.2. The summed E-state index contributed by atoms with van der Waals surface area (Å²) in [6, 6.07) is 0. The Morgan fingerprint density at radius 2 is 2.00 bits per heavy atom. The Balaban J connectivity index is 3.68. The summed E-state index contributed by atoms with van der Waals surface area (Å²) < 4.78 is 0. The fourth-order valence-electron chi connectivity index (χ4n) is 1.19. The molecule has 0 aliphatic carbocycles. The Bertz CT molecular complexity index is 134. The zero-order valence-electron chi connectivity index (χ0n) is 9.09. The van der Waals surface area contributed by atoms with E-state index in [1.807, 2.05) is 6.08 Å². The fourth-order valence-corrected chi connectivity index (χ4v) is 1.32. The molecule has 0 aromatic heterocycles. The zero-order valence-corrected chi connectivity index (χ0v) is 9.85. The third-order valence-corrected chi connectivity index (χ3v) is 2.51. The Morgan fingerprint density at radius 1 is 1.31 bits per heavy atom. The minimum Gasteiger partial charge on any atom is -0.300 e. The quantitative estimate of drug-likeness (QED) is 0.454. The lowest BCUT2D eigenvalue weighted by Crippen LogP contribution is -2.28. The van der Waals surface area contributed by atoms with Crippen molar-refractivity contribution < 1.29 is 0 Å². The molecule has 0 rings (SSSR count). The van der Waals surface area contributed by atoms with Crippen LogP contribution in [0.2, 0.25) is 0 Å². The molecule has 0 spiro atoms. The highest BCUT2D eigenvalue weighted by molar-refractivity contribution is 6.18. The predicted octanol–water partition coefficient (Wildman–Crippen LogP) is 3.15. The smallest absolute Gasteiger partial charge is 0.0404 e. The monoisotopic (exact) mass is 203 g/mol. The van der Waals surface area contributed by atoms with Crippen LogP contribution in [0.25, 0.3) is 0 Å². The van der Waals surface area contributed by atoms with Gasteiger partial charge in [-0.15, -0.1) is 11.6 Å². The molecule has 0 N–H and O–H groups in total. The van der Waals surface area contributed by atoms with Crippen LogP contribution in [-0.4, -0.2) is 30.4 Å². The van der Waals surface area contributed by atoms with Crippen molar-refractivity contribution in [3.63, 3.8) is 0 Å². The minimum atomic E-state index is 0.626. The lowest BCUT2D eigenvalue weighted by Gasteiger charge is -2.21. The molecule has 0 bridgehead atoms. The highest BCUT2D eigenvalue weighted by atomic mass is 35.5. The number of hydrogen-bond acceptors (Lipinski definition) is 1. The number of alkyl halides is 1. The van der Waals surface area contributed by atoms with E-state index in [1.54, 1.807) is 0 Å². The molecule has 0 fully saturated rings. The van der Waals surface area contributed by atoms with Crippen LogP contribution in [0.5, 0.6) is 0 Å². The molecule has 13 heavy (non-hydrogen) atoms.